The molecule has 4 heteroatoms. The molecule has 0 aliphatic carbocycles. The smallest absolute Gasteiger partial charge is 0.137 e. The van der Waals surface area contributed by atoms with Crippen molar-refractivity contribution in [3.05, 3.63) is 188 Å². The molecule has 53 heavy (non-hydrogen) atoms. The Bertz CT molecular complexity index is 3110. The minimum Gasteiger partial charge on any atom is -0.456 e. The summed E-state index contributed by atoms with van der Waals surface area (Å²) >= 11 is 0. The molecule has 0 aliphatic rings. The van der Waals surface area contributed by atoms with Gasteiger partial charge in [0.25, 0.3) is 0 Å². The Balaban J connectivity index is 1.02. The van der Waals surface area contributed by atoms with Gasteiger partial charge in [-0.2, -0.15) is 0 Å². The summed E-state index contributed by atoms with van der Waals surface area (Å²) < 4.78 is 11.0. The molecule has 0 saturated carbocycles. The van der Waals surface area contributed by atoms with Gasteiger partial charge in [0.05, 0.1) is 22.4 Å². The normalized spacial score (nSPS) is 11.8. The van der Waals surface area contributed by atoms with Crippen molar-refractivity contribution in [1.29, 1.82) is 0 Å². The summed E-state index contributed by atoms with van der Waals surface area (Å²) in [6.45, 7) is 0. The average Bonchev–Trinajstić information content (AvgIpc) is 3.91. The first-order valence-electron chi connectivity index (χ1n) is 18.0. The fraction of sp³-hybridized carbons (Fsp3) is 0. The van der Waals surface area contributed by atoms with Gasteiger partial charge in [0.2, 0.25) is 0 Å². The van der Waals surface area contributed by atoms with Crippen LogP contribution in [0.15, 0.2) is 193 Å². The number of pyridine rings is 1. The number of benzene rings is 7. The second-order valence-electron chi connectivity index (χ2n) is 13.6. The summed E-state index contributed by atoms with van der Waals surface area (Å²) in [5.41, 5.74) is 15.0. The Kier molecular flexibility index (Phi) is 6.52. The third kappa shape index (κ3) is 4.66. The lowest BCUT2D eigenvalue weighted by molar-refractivity contribution is 0.669. The van der Waals surface area contributed by atoms with Crippen LogP contribution in [0, 0.1) is 0 Å². The minimum absolute atomic E-state index is 0.876. The Morgan fingerprint density at radius 2 is 1.11 bits per heavy atom. The maximum absolute atomic E-state index is 6.47. The molecule has 0 bridgehead atoms. The molecule has 4 nitrogen and oxygen atoms in total. The molecule has 11 aromatic rings. The summed E-state index contributed by atoms with van der Waals surface area (Å²) in [7, 11) is 0. The van der Waals surface area contributed by atoms with Crippen LogP contribution in [0.2, 0.25) is 0 Å². The van der Waals surface area contributed by atoms with Crippen molar-refractivity contribution in [1.82, 2.24) is 14.0 Å². The molecule has 0 N–H and O–H groups in total. The third-order valence-electron chi connectivity index (χ3n) is 10.6. The SMILES string of the molecule is c1ccc(-c2nc3ccccn3c2-c2cccc(-c3cccc4oc5ccc(-c6ccc(-n7c8ccccc8c8ccccc87)cc6)cc5c34)c2)cc1. The first-order chi connectivity index (χ1) is 26.3. The van der Waals surface area contributed by atoms with E-state index in [1.54, 1.807) is 0 Å². The minimum atomic E-state index is 0.876. The van der Waals surface area contributed by atoms with Crippen molar-refractivity contribution in [3.8, 4) is 50.5 Å². The molecule has 248 valence electrons. The van der Waals surface area contributed by atoms with Gasteiger partial charge >= 0.3 is 0 Å². The van der Waals surface area contributed by atoms with Crippen LogP contribution in [0.1, 0.15) is 0 Å². The van der Waals surface area contributed by atoms with Gasteiger partial charge in [0.1, 0.15) is 16.8 Å². The zero-order chi connectivity index (χ0) is 34.9. The predicted molar refractivity (Wildman–Crippen MR) is 219 cm³/mol. The van der Waals surface area contributed by atoms with E-state index in [0.29, 0.717) is 0 Å². The Morgan fingerprint density at radius 3 is 1.92 bits per heavy atom. The second-order valence-corrected chi connectivity index (χ2v) is 13.6. The number of hydrogen-bond acceptors (Lipinski definition) is 2. The number of para-hydroxylation sites is 2. The van der Waals surface area contributed by atoms with Crippen LogP contribution in [-0.2, 0) is 0 Å². The molecule has 0 aliphatic heterocycles. The molecule has 0 amide bonds. The van der Waals surface area contributed by atoms with E-state index in [1.807, 2.05) is 12.1 Å². The Hall–Kier alpha value is -7.17. The highest BCUT2D eigenvalue weighted by Gasteiger charge is 2.19. The number of fused-ring (bicyclic) bond motifs is 7. The highest BCUT2D eigenvalue weighted by Crippen LogP contribution is 2.41. The topological polar surface area (TPSA) is 35.4 Å². The maximum atomic E-state index is 6.47. The van der Waals surface area contributed by atoms with Crippen LogP contribution < -0.4 is 0 Å². The Morgan fingerprint density at radius 1 is 0.434 bits per heavy atom. The molecule has 4 aromatic heterocycles. The first kappa shape index (κ1) is 29.5. The monoisotopic (exact) mass is 677 g/mol. The van der Waals surface area contributed by atoms with Gasteiger partial charge in [-0.1, -0.05) is 121 Å². The highest BCUT2D eigenvalue weighted by molar-refractivity contribution is 6.13. The zero-order valence-electron chi connectivity index (χ0n) is 28.6. The fourth-order valence-electron chi connectivity index (χ4n) is 8.15. The molecule has 0 spiro atoms. The molecule has 0 atom stereocenters. The van der Waals surface area contributed by atoms with Gasteiger partial charge in [-0.25, -0.2) is 4.98 Å². The van der Waals surface area contributed by atoms with E-state index in [9.17, 15) is 0 Å². The zero-order valence-corrected chi connectivity index (χ0v) is 28.6. The van der Waals surface area contributed by atoms with Gasteiger partial charge in [-0.3, -0.25) is 4.40 Å². The Labute approximate surface area is 305 Å². The van der Waals surface area contributed by atoms with E-state index in [1.165, 1.54) is 21.8 Å². The molecular weight excluding hydrogens is 647 g/mol. The van der Waals surface area contributed by atoms with E-state index in [2.05, 4.69) is 185 Å². The third-order valence-corrected chi connectivity index (χ3v) is 10.6. The van der Waals surface area contributed by atoms with E-state index in [4.69, 9.17) is 9.40 Å². The summed E-state index contributed by atoms with van der Waals surface area (Å²) in [6.07, 6.45) is 2.10. The summed E-state index contributed by atoms with van der Waals surface area (Å²) in [4.78, 5) is 5.08. The largest absolute Gasteiger partial charge is 0.456 e. The lowest BCUT2D eigenvalue weighted by Crippen LogP contribution is -1.93. The fourth-order valence-corrected chi connectivity index (χ4v) is 8.15. The second kappa shape index (κ2) is 11.7. The van der Waals surface area contributed by atoms with E-state index >= 15 is 0 Å². The van der Waals surface area contributed by atoms with Gasteiger partial charge in [0, 0.05) is 44.6 Å². The quantitative estimate of drug-likeness (QED) is 0.182. The van der Waals surface area contributed by atoms with Crippen LogP contribution in [-0.4, -0.2) is 14.0 Å². The van der Waals surface area contributed by atoms with Crippen LogP contribution in [0.25, 0.3) is 99.8 Å². The van der Waals surface area contributed by atoms with Gasteiger partial charge in [-0.15, -0.1) is 0 Å². The van der Waals surface area contributed by atoms with E-state index in [-0.39, 0.29) is 0 Å². The van der Waals surface area contributed by atoms with Gasteiger partial charge in [-0.05, 0) is 82.9 Å². The lowest BCUT2D eigenvalue weighted by atomic mass is 9.95. The molecular formula is C49H31N3O. The molecule has 0 saturated heterocycles. The highest BCUT2D eigenvalue weighted by atomic mass is 16.3. The molecule has 4 heterocycles. The number of aromatic nitrogens is 3. The van der Waals surface area contributed by atoms with Crippen molar-refractivity contribution >= 4 is 49.4 Å². The first-order valence-corrected chi connectivity index (χ1v) is 18.0. The number of nitrogens with zero attached hydrogens (tertiary/aromatic N) is 3. The number of furan rings is 1. The van der Waals surface area contributed by atoms with Crippen LogP contribution in [0.4, 0.5) is 0 Å². The maximum Gasteiger partial charge on any atom is 0.137 e. The van der Waals surface area contributed by atoms with Crippen LogP contribution in [0.3, 0.4) is 0 Å². The van der Waals surface area contributed by atoms with Crippen molar-refractivity contribution < 1.29 is 4.42 Å². The summed E-state index contributed by atoms with van der Waals surface area (Å²) in [6, 6.07) is 64.5. The van der Waals surface area contributed by atoms with Crippen molar-refractivity contribution in [3.63, 3.8) is 0 Å². The molecule has 0 radical (unpaired) electrons. The molecule has 7 aromatic carbocycles. The van der Waals surface area contributed by atoms with Crippen molar-refractivity contribution in [2.24, 2.45) is 0 Å². The van der Waals surface area contributed by atoms with Crippen molar-refractivity contribution in [2.75, 3.05) is 0 Å². The van der Waals surface area contributed by atoms with Gasteiger partial charge < -0.3 is 8.98 Å². The van der Waals surface area contributed by atoms with Crippen LogP contribution in [0.5, 0.6) is 0 Å². The molecule has 11 rings (SSSR count). The van der Waals surface area contributed by atoms with Crippen LogP contribution >= 0.6 is 0 Å². The summed E-state index contributed by atoms with van der Waals surface area (Å²) in [5, 5.41) is 4.75. The molecule has 0 unspecified atom stereocenters. The molecule has 0 fully saturated rings. The average molecular weight is 678 g/mol. The standard InChI is InChI=1S/C49H31N3O/c1-2-12-33(13-3-1)48-49(51-29-9-8-22-46(51)50-48)36-15-10-14-35(30-36)38-18-11-21-45-47(38)41-31-34(25-28-44(41)53-45)32-23-26-37(27-24-32)52-42-19-6-4-16-39(42)40-17-5-7-20-43(40)52/h1-31H. The summed E-state index contributed by atoms with van der Waals surface area (Å²) in [5.74, 6) is 0. The lowest BCUT2D eigenvalue weighted by Gasteiger charge is -2.10. The van der Waals surface area contributed by atoms with Crippen molar-refractivity contribution in [2.45, 2.75) is 0 Å². The predicted octanol–water partition coefficient (Wildman–Crippen LogP) is 13.0. The van der Waals surface area contributed by atoms with Gasteiger partial charge in [0.15, 0.2) is 0 Å². The van der Waals surface area contributed by atoms with E-state index in [0.717, 1.165) is 78.0 Å². The number of rotatable bonds is 5. The number of hydrogen-bond donors (Lipinski definition) is 0. The van der Waals surface area contributed by atoms with E-state index < -0.39 is 0 Å². The number of imidazole rings is 1.